The number of sulfonamides is 1. The first-order valence-electron chi connectivity index (χ1n) is 6.17. The van der Waals surface area contributed by atoms with E-state index in [0.717, 1.165) is 10.6 Å². The van der Waals surface area contributed by atoms with Crippen LogP contribution in [0.15, 0.2) is 35.8 Å². The normalized spacial score (nSPS) is 11.4. The van der Waals surface area contributed by atoms with E-state index < -0.39 is 10.0 Å². The molecule has 0 unspecified atom stereocenters. The minimum atomic E-state index is -3.32. The highest BCUT2D eigenvalue weighted by Crippen LogP contribution is 2.24. The molecule has 0 saturated heterocycles. The lowest BCUT2D eigenvalue weighted by Crippen LogP contribution is -2.16. The van der Waals surface area contributed by atoms with Crippen molar-refractivity contribution in [1.29, 1.82) is 0 Å². The Balaban J connectivity index is 2.08. The molecule has 0 aliphatic rings. The Bertz CT molecular complexity index is 642. The molecule has 1 aromatic carbocycles. The van der Waals surface area contributed by atoms with Crippen LogP contribution < -0.4 is 4.72 Å². The molecule has 1 heterocycles. The second kappa shape index (κ2) is 7.06. The number of nitrogens with one attached hydrogen (secondary N) is 1. The molecule has 20 heavy (non-hydrogen) atoms. The summed E-state index contributed by atoms with van der Waals surface area (Å²) in [5, 5.41) is 2.76. The number of hydrogen-bond acceptors (Lipinski definition) is 4. The van der Waals surface area contributed by atoms with Gasteiger partial charge in [0, 0.05) is 28.7 Å². The molecule has 4 nitrogen and oxygen atoms in total. The Labute approximate surface area is 127 Å². The first-order valence-corrected chi connectivity index (χ1v) is 9.24. The summed E-state index contributed by atoms with van der Waals surface area (Å²) in [6.45, 7) is 0. The van der Waals surface area contributed by atoms with Gasteiger partial charge in [0.25, 0.3) is 0 Å². The molecule has 7 heteroatoms. The number of hydrogen-bond donors (Lipinski definition) is 1. The van der Waals surface area contributed by atoms with Gasteiger partial charge < -0.3 is 0 Å². The molecule has 0 radical (unpaired) electrons. The van der Waals surface area contributed by atoms with Crippen molar-refractivity contribution in [2.45, 2.75) is 12.8 Å². The Morgan fingerprint density at radius 2 is 2.15 bits per heavy atom. The van der Waals surface area contributed by atoms with Gasteiger partial charge >= 0.3 is 0 Å². The number of unbranched alkanes of at least 4 members (excludes halogenated alkanes) is 1. The van der Waals surface area contributed by atoms with Crippen LogP contribution in [0.3, 0.4) is 0 Å². The van der Waals surface area contributed by atoms with Crippen molar-refractivity contribution in [1.82, 2.24) is 4.98 Å². The zero-order chi connectivity index (χ0) is 14.4. The van der Waals surface area contributed by atoms with Crippen molar-refractivity contribution < 1.29 is 8.42 Å². The molecule has 0 spiro atoms. The van der Waals surface area contributed by atoms with Crippen LogP contribution in [-0.4, -0.2) is 25.0 Å². The van der Waals surface area contributed by atoms with Gasteiger partial charge in [-0.3, -0.25) is 4.72 Å². The molecule has 0 atom stereocenters. The standard InChI is InChI=1S/C13H15ClN2O2S2/c14-6-1-2-9-20(17,18)16-12-5-3-4-11(10-12)13-15-7-8-19-13/h3-5,7-8,10,16H,1-2,6,9H2. The third-order valence-corrected chi connectivity index (χ3v) is 5.07. The molecular formula is C13H15ClN2O2S2. The van der Waals surface area contributed by atoms with Gasteiger partial charge in [-0.15, -0.1) is 22.9 Å². The third-order valence-electron chi connectivity index (χ3n) is 2.61. The molecule has 108 valence electrons. The van der Waals surface area contributed by atoms with Gasteiger partial charge in [-0.25, -0.2) is 13.4 Å². The summed E-state index contributed by atoms with van der Waals surface area (Å²) in [6, 6.07) is 7.24. The summed E-state index contributed by atoms with van der Waals surface area (Å²) in [5.74, 6) is 0.566. The van der Waals surface area contributed by atoms with Crippen molar-refractivity contribution in [3.05, 3.63) is 35.8 Å². The van der Waals surface area contributed by atoms with Crippen LogP contribution in [0, 0.1) is 0 Å². The molecule has 2 rings (SSSR count). The Kier molecular flexibility index (Phi) is 5.39. The van der Waals surface area contributed by atoms with Crippen LogP contribution in [0.1, 0.15) is 12.8 Å². The minimum Gasteiger partial charge on any atom is -0.284 e. The zero-order valence-corrected chi connectivity index (χ0v) is 13.1. The van der Waals surface area contributed by atoms with E-state index >= 15 is 0 Å². The summed E-state index contributed by atoms with van der Waals surface area (Å²) < 4.78 is 26.4. The van der Waals surface area contributed by atoms with Crippen molar-refractivity contribution >= 4 is 38.6 Å². The average molecular weight is 331 g/mol. The van der Waals surface area contributed by atoms with Gasteiger partial charge in [0.15, 0.2) is 0 Å². The molecule has 0 saturated carbocycles. The predicted molar refractivity (Wildman–Crippen MR) is 84.9 cm³/mol. The van der Waals surface area contributed by atoms with Crippen molar-refractivity contribution in [2.75, 3.05) is 16.4 Å². The summed E-state index contributed by atoms with van der Waals surface area (Å²) in [4.78, 5) is 4.21. The van der Waals surface area contributed by atoms with Gasteiger partial charge in [-0.2, -0.15) is 0 Å². The van der Waals surface area contributed by atoms with E-state index in [1.807, 2.05) is 17.5 Å². The van der Waals surface area contributed by atoms with Crippen molar-refractivity contribution in [2.24, 2.45) is 0 Å². The Hall–Kier alpha value is -1.11. The van der Waals surface area contributed by atoms with Crippen LogP contribution in [0.5, 0.6) is 0 Å². The summed E-state index contributed by atoms with van der Waals surface area (Å²) in [7, 11) is -3.32. The van der Waals surface area contributed by atoms with Gasteiger partial charge in [-0.1, -0.05) is 12.1 Å². The van der Waals surface area contributed by atoms with E-state index in [0.29, 0.717) is 24.4 Å². The number of thiazole rings is 1. The molecule has 0 bridgehead atoms. The quantitative estimate of drug-likeness (QED) is 0.623. The van der Waals surface area contributed by atoms with Gasteiger partial charge in [0.2, 0.25) is 10.0 Å². The maximum absolute atomic E-state index is 11.9. The highest BCUT2D eigenvalue weighted by Gasteiger charge is 2.10. The first-order chi connectivity index (χ1) is 9.61. The van der Waals surface area contributed by atoms with Crippen molar-refractivity contribution in [3.63, 3.8) is 0 Å². The summed E-state index contributed by atoms with van der Waals surface area (Å²) in [5.41, 5.74) is 1.46. The molecule has 0 aliphatic carbocycles. The number of alkyl halides is 1. The van der Waals surface area contributed by atoms with Gasteiger partial charge in [-0.05, 0) is 25.0 Å². The lowest BCUT2D eigenvalue weighted by atomic mass is 10.2. The van der Waals surface area contributed by atoms with E-state index in [4.69, 9.17) is 11.6 Å². The number of rotatable bonds is 7. The van der Waals surface area contributed by atoms with Crippen LogP contribution in [0.25, 0.3) is 10.6 Å². The van der Waals surface area contributed by atoms with Crippen LogP contribution >= 0.6 is 22.9 Å². The Morgan fingerprint density at radius 3 is 2.85 bits per heavy atom. The van der Waals surface area contributed by atoms with E-state index in [-0.39, 0.29) is 5.75 Å². The topological polar surface area (TPSA) is 59.1 Å². The molecule has 0 fully saturated rings. The van der Waals surface area contributed by atoms with Gasteiger partial charge in [0.05, 0.1) is 5.75 Å². The number of aromatic nitrogens is 1. The van der Waals surface area contributed by atoms with Crippen LogP contribution in [0.4, 0.5) is 5.69 Å². The summed E-state index contributed by atoms with van der Waals surface area (Å²) in [6.07, 6.45) is 2.98. The smallest absolute Gasteiger partial charge is 0.232 e. The third kappa shape index (κ3) is 4.47. The lowest BCUT2D eigenvalue weighted by molar-refractivity contribution is 0.598. The first kappa shape index (κ1) is 15.3. The fraction of sp³-hybridized carbons (Fsp3) is 0.308. The van der Waals surface area contributed by atoms with E-state index in [1.165, 1.54) is 11.3 Å². The van der Waals surface area contributed by atoms with Crippen LogP contribution in [-0.2, 0) is 10.0 Å². The largest absolute Gasteiger partial charge is 0.284 e. The molecule has 1 aromatic heterocycles. The second-order valence-electron chi connectivity index (χ2n) is 4.24. The van der Waals surface area contributed by atoms with E-state index in [1.54, 1.807) is 18.3 Å². The Morgan fingerprint density at radius 1 is 1.30 bits per heavy atom. The van der Waals surface area contributed by atoms with E-state index in [2.05, 4.69) is 9.71 Å². The second-order valence-corrected chi connectivity index (χ2v) is 7.35. The molecule has 1 N–H and O–H groups in total. The van der Waals surface area contributed by atoms with E-state index in [9.17, 15) is 8.42 Å². The predicted octanol–water partition coefficient (Wildman–Crippen LogP) is 3.57. The summed E-state index contributed by atoms with van der Waals surface area (Å²) >= 11 is 7.06. The highest BCUT2D eigenvalue weighted by atomic mass is 35.5. The minimum absolute atomic E-state index is 0.0845. The SMILES string of the molecule is O=S(=O)(CCCCCl)Nc1cccc(-c2nccs2)c1. The maximum Gasteiger partial charge on any atom is 0.232 e. The fourth-order valence-corrected chi connectivity index (χ4v) is 3.70. The van der Waals surface area contributed by atoms with Crippen molar-refractivity contribution in [3.8, 4) is 10.6 Å². The number of benzene rings is 1. The van der Waals surface area contributed by atoms with Gasteiger partial charge in [0.1, 0.15) is 5.01 Å². The monoisotopic (exact) mass is 330 g/mol. The fourth-order valence-electron chi connectivity index (χ4n) is 1.70. The molecule has 0 aliphatic heterocycles. The molecular weight excluding hydrogens is 316 g/mol. The molecule has 0 amide bonds. The lowest BCUT2D eigenvalue weighted by Gasteiger charge is -2.08. The number of nitrogens with zero attached hydrogens (tertiary/aromatic N) is 1. The highest BCUT2D eigenvalue weighted by molar-refractivity contribution is 7.92. The van der Waals surface area contributed by atoms with Crippen LogP contribution in [0.2, 0.25) is 0 Å². The zero-order valence-electron chi connectivity index (χ0n) is 10.8. The maximum atomic E-state index is 11.9. The number of anilines is 1. The average Bonchev–Trinajstić information content (AvgIpc) is 2.92. The number of halogens is 1. The molecule has 2 aromatic rings.